The lowest BCUT2D eigenvalue weighted by Gasteiger charge is -2.10. The van der Waals surface area contributed by atoms with Crippen molar-refractivity contribution in [1.82, 2.24) is 10.2 Å². The number of aliphatic hydroxyl groups excluding tert-OH is 1. The van der Waals surface area contributed by atoms with E-state index in [1.54, 1.807) is 38.1 Å². The predicted octanol–water partition coefficient (Wildman–Crippen LogP) is 2.07. The third-order valence-corrected chi connectivity index (χ3v) is 3.37. The second kappa shape index (κ2) is 9.79. The molecule has 2 amide bonds. The summed E-state index contributed by atoms with van der Waals surface area (Å²) in [5.41, 5.74) is 1.50. The predicted molar refractivity (Wildman–Crippen MR) is 92.0 cm³/mol. The number of aliphatic hydroxyl groups is 1. The van der Waals surface area contributed by atoms with Gasteiger partial charge in [0, 0.05) is 32.1 Å². The van der Waals surface area contributed by atoms with E-state index in [0.717, 1.165) is 18.4 Å². The number of nitrogens with zero attached hydrogens (tertiary/aromatic N) is 1. The fraction of sp³-hybridized carbons (Fsp3) is 0.444. The van der Waals surface area contributed by atoms with Crippen LogP contribution in [0.15, 0.2) is 30.3 Å². The van der Waals surface area contributed by atoms with Crippen LogP contribution in [0.3, 0.4) is 0 Å². The van der Waals surface area contributed by atoms with E-state index in [0.29, 0.717) is 12.0 Å². The lowest BCUT2D eigenvalue weighted by molar-refractivity contribution is -0.128. The Balaban J connectivity index is 2.52. The highest BCUT2D eigenvalue weighted by molar-refractivity contribution is 5.94. The number of rotatable bonds is 8. The van der Waals surface area contributed by atoms with Crippen LogP contribution < -0.4 is 5.32 Å². The summed E-state index contributed by atoms with van der Waals surface area (Å²) in [5.74, 6) is -0.0616. The first-order chi connectivity index (χ1) is 10.9. The van der Waals surface area contributed by atoms with Crippen LogP contribution in [0, 0.1) is 0 Å². The molecule has 1 aromatic carbocycles. The Hall–Kier alpha value is -2.14. The van der Waals surface area contributed by atoms with Gasteiger partial charge < -0.3 is 15.3 Å². The van der Waals surface area contributed by atoms with E-state index in [1.807, 2.05) is 24.3 Å². The third kappa shape index (κ3) is 7.10. The highest BCUT2D eigenvalue weighted by Crippen LogP contribution is 2.09. The number of benzene rings is 1. The molecule has 0 saturated heterocycles. The average Bonchev–Trinajstić information content (AvgIpc) is 2.54. The summed E-state index contributed by atoms with van der Waals surface area (Å²) in [7, 11) is 3.51. The number of hydrogen-bond donors (Lipinski definition) is 2. The van der Waals surface area contributed by atoms with E-state index < -0.39 is 0 Å². The van der Waals surface area contributed by atoms with Crippen molar-refractivity contribution in [2.75, 3.05) is 20.7 Å². The van der Waals surface area contributed by atoms with E-state index in [2.05, 4.69) is 5.32 Å². The zero-order valence-electron chi connectivity index (χ0n) is 14.1. The maximum Gasteiger partial charge on any atom is 0.251 e. The Morgan fingerprint density at radius 3 is 2.74 bits per heavy atom. The van der Waals surface area contributed by atoms with E-state index in [-0.39, 0.29) is 24.5 Å². The molecular formula is C18H26N2O3. The quantitative estimate of drug-likeness (QED) is 0.721. The van der Waals surface area contributed by atoms with Gasteiger partial charge in [-0.2, -0.15) is 0 Å². The molecule has 1 atom stereocenters. The van der Waals surface area contributed by atoms with Gasteiger partial charge in [-0.1, -0.05) is 24.3 Å². The van der Waals surface area contributed by atoms with Gasteiger partial charge in [0.05, 0.1) is 6.61 Å². The topological polar surface area (TPSA) is 69.6 Å². The smallest absolute Gasteiger partial charge is 0.251 e. The Morgan fingerprint density at radius 2 is 2.09 bits per heavy atom. The Labute approximate surface area is 138 Å². The van der Waals surface area contributed by atoms with Gasteiger partial charge in [0.1, 0.15) is 0 Å². The molecule has 0 spiro atoms. The van der Waals surface area contributed by atoms with Crippen LogP contribution in [0.2, 0.25) is 0 Å². The molecule has 0 aromatic heterocycles. The number of nitrogens with one attached hydrogen (secondary N) is 1. The van der Waals surface area contributed by atoms with Crippen LogP contribution in [-0.4, -0.2) is 48.6 Å². The van der Waals surface area contributed by atoms with Gasteiger partial charge in [0.25, 0.3) is 5.91 Å². The maximum atomic E-state index is 12.0. The van der Waals surface area contributed by atoms with E-state index in [1.165, 1.54) is 0 Å². The Bertz CT molecular complexity index is 553. The highest BCUT2D eigenvalue weighted by atomic mass is 16.3. The van der Waals surface area contributed by atoms with Gasteiger partial charge >= 0.3 is 0 Å². The summed E-state index contributed by atoms with van der Waals surface area (Å²) >= 11 is 0. The van der Waals surface area contributed by atoms with Crippen LogP contribution in [0.25, 0.3) is 6.08 Å². The van der Waals surface area contributed by atoms with Crippen LogP contribution in [-0.2, 0) is 4.79 Å². The van der Waals surface area contributed by atoms with Gasteiger partial charge in [0.2, 0.25) is 5.91 Å². The number of carbonyl (C=O) groups is 2. The number of allylic oxidation sites excluding steroid dienone is 1. The Morgan fingerprint density at radius 1 is 1.35 bits per heavy atom. The molecule has 1 rings (SSSR count). The molecule has 0 saturated carbocycles. The van der Waals surface area contributed by atoms with Crippen LogP contribution in [0.1, 0.15) is 42.1 Å². The zero-order valence-corrected chi connectivity index (χ0v) is 14.1. The van der Waals surface area contributed by atoms with Crippen molar-refractivity contribution in [3.05, 3.63) is 41.5 Å². The van der Waals surface area contributed by atoms with Crippen LogP contribution in [0.4, 0.5) is 0 Å². The number of unbranched alkanes of at least 4 members (excludes halogenated alkanes) is 1. The third-order valence-electron chi connectivity index (χ3n) is 3.37. The molecule has 2 N–H and O–H groups in total. The molecule has 5 nitrogen and oxygen atoms in total. The molecule has 1 unspecified atom stereocenters. The summed E-state index contributed by atoms with van der Waals surface area (Å²) < 4.78 is 0. The molecule has 0 fully saturated rings. The largest absolute Gasteiger partial charge is 0.394 e. The molecule has 0 radical (unpaired) electrons. The minimum atomic E-state index is -0.268. The molecule has 1 aromatic rings. The fourth-order valence-corrected chi connectivity index (χ4v) is 1.95. The molecule has 126 valence electrons. The van der Waals surface area contributed by atoms with Crippen molar-refractivity contribution >= 4 is 17.9 Å². The standard InChI is InChI=1S/C18H26N2O3/c1-14(13-21)19-18(23)16-10-7-9-15(12-16)8-5-4-6-11-17(22)20(2)3/h5,7-10,12,14,21H,4,6,11,13H2,1-3H3,(H,19,23). The highest BCUT2D eigenvalue weighted by Gasteiger charge is 2.08. The first-order valence-electron chi connectivity index (χ1n) is 7.82. The van der Waals surface area contributed by atoms with Crippen molar-refractivity contribution in [2.24, 2.45) is 0 Å². The Kier molecular flexibility index (Phi) is 8.05. The number of amides is 2. The normalized spacial score (nSPS) is 12.2. The molecule has 0 aliphatic rings. The molecule has 0 bridgehead atoms. The lowest BCUT2D eigenvalue weighted by atomic mass is 10.1. The van der Waals surface area contributed by atoms with Gasteiger partial charge in [-0.05, 0) is 37.5 Å². The first kappa shape index (κ1) is 18.9. The van der Waals surface area contributed by atoms with E-state index in [4.69, 9.17) is 5.11 Å². The lowest BCUT2D eigenvalue weighted by Crippen LogP contribution is -2.34. The van der Waals surface area contributed by atoms with Gasteiger partial charge in [-0.15, -0.1) is 0 Å². The number of carbonyl (C=O) groups excluding carboxylic acids is 2. The molecule has 5 heteroatoms. The molecule has 0 aliphatic heterocycles. The van der Waals surface area contributed by atoms with Gasteiger partial charge in [-0.3, -0.25) is 9.59 Å². The monoisotopic (exact) mass is 318 g/mol. The summed E-state index contributed by atoms with van der Waals surface area (Å²) in [6.45, 7) is 1.66. The minimum absolute atomic E-state index is 0.0863. The fourth-order valence-electron chi connectivity index (χ4n) is 1.95. The maximum absolute atomic E-state index is 12.0. The van der Waals surface area contributed by atoms with Crippen molar-refractivity contribution in [2.45, 2.75) is 32.2 Å². The average molecular weight is 318 g/mol. The van der Waals surface area contributed by atoms with Crippen molar-refractivity contribution in [3.8, 4) is 0 Å². The van der Waals surface area contributed by atoms with E-state index >= 15 is 0 Å². The number of hydrogen-bond acceptors (Lipinski definition) is 3. The SMILES string of the molecule is CC(CO)NC(=O)c1cccc(C=CCCCC(=O)N(C)C)c1. The summed E-state index contributed by atoms with van der Waals surface area (Å²) in [6, 6.07) is 7.03. The van der Waals surface area contributed by atoms with E-state index in [9.17, 15) is 9.59 Å². The van der Waals surface area contributed by atoms with Crippen molar-refractivity contribution in [1.29, 1.82) is 0 Å². The second-order valence-electron chi connectivity index (χ2n) is 5.77. The minimum Gasteiger partial charge on any atom is -0.394 e. The molecule has 0 heterocycles. The first-order valence-corrected chi connectivity index (χ1v) is 7.82. The van der Waals surface area contributed by atoms with Crippen LogP contribution >= 0.6 is 0 Å². The zero-order chi connectivity index (χ0) is 17.2. The van der Waals surface area contributed by atoms with Crippen LogP contribution in [0.5, 0.6) is 0 Å². The molecular weight excluding hydrogens is 292 g/mol. The van der Waals surface area contributed by atoms with Crippen molar-refractivity contribution < 1.29 is 14.7 Å². The molecule has 23 heavy (non-hydrogen) atoms. The van der Waals surface area contributed by atoms with Gasteiger partial charge in [0.15, 0.2) is 0 Å². The summed E-state index contributed by atoms with van der Waals surface area (Å²) in [6.07, 6.45) is 6.13. The summed E-state index contributed by atoms with van der Waals surface area (Å²) in [5, 5.41) is 11.7. The second-order valence-corrected chi connectivity index (χ2v) is 5.77. The van der Waals surface area contributed by atoms with Gasteiger partial charge in [-0.25, -0.2) is 0 Å². The van der Waals surface area contributed by atoms with Crippen molar-refractivity contribution in [3.63, 3.8) is 0 Å². The summed E-state index contributed by atoms with van der Waals surface area (Å²) in [4.78, 5) is 25.0. The molecule has 0 aliphatic carbocycles.